The summed E-state index contributed by atoms with van der Waals surface area (Å²) in [5, 5.41) is 1.22. The van der Waals surface area contributed by atoms with E-state index in [1.807, 2.05) is 0 Å². The van der Waals surface area contributed by atoms with Crippen molar-refractivity contribution in [2.45, 2.75) is 0 Å². The van der Waals surface area contributed by atoms with Crippen molar-refractivity contribution in [3.05, 3.63) is 31.7 Å². The summed E-state index contributed by atoms with van der Waals surface area (Å²) in [5.41, 5.74) is 0.409. The van der Waals surface area contributed by atoms with Crippen LogP contribution in [0.5, 0.6) is 0 Å². The zero-order valence-electron chi connectivity index (χ0n) is 6.67. The SMILES string of the molecule is ClCC#Cc1c(Cl)c(Cl)cc(Cl)c1Cl. The lowest BCUT2D eigenvalue weighted by Crippen LogP contribution is -1.83. The summed E-state index contributed by atoms with van der Waals surface area (Å²) in [6, 6.07) is 1.47. The van der Waals surface area contributed by atoms with Crippen LogP contribution in [0.3, 0.4) is 0 Å². The summed E-state index contributed by atoms with van der Waals surface area (Å²) in [7, 11) is 0. The van der Waals surface area contributed by atoms with Crippen LogP contribution in [0.1, 0.15) is 5.56 Å². The van der Waals surface area contributed by atoms with E-state index in [9.17, 15) is 0 Å². The minimum absolute atomic E-state index is 0.191. The molecule has 1 rings (SSSR count). The van der Waals surface area contributed by atoms with E-state index in [2.05, 4.69) is 11.8 Å². The van der Waals surface area contributed by atoms with E-state index < -0.39 is 0 Å². The number of benzene rings is 1. The van der Waals surface area contributed by atoms with Crippen LogP contribution in [0.2, 0.25) is 20.1 Å². The quantitative estimate of drug-likeness (QED) is 0.362. The number of hydrogen-bond acceptors (Lipinski definition) is 0. The average Bonchev–Trinajstić information content (AvgIpc) is 2.15. The van der Waals surface area contributed by atoms with Gasteiger partial charge in [-0.15, -0.1) is 11.6 Å². The fourth-order valence-corrected chi connectivity index (χ4v) is 1.78. The van der Waals surface area contributed by atoms with Crippen molar-refractivity contribution in [2.75, 3.05) is 5.88 Å². The Bertz CT molecular complexity index is 387. The third-order valence-electron chi connectivity index (χ3n) is 1.39. The molecule has 0 atom stereocenters. The van der Waals surface area contributed by atoms with Gasteiger partial charge in [-0.25, -0.2) is 0 Å². The summed E-state index contributed by atoms with van der Waals surface area (Å²) < 4.78 is 0. The van der Waals surface area contributed by atoms with Crippen molar-refractivity contribution in [2.24, 2.45) is 0 Å². The van der Waals surface area contributed by atoms with Crippen molar-refractivity contribution in [1.29, 1.82) is 0 Å². The van der Waals surface area contributed by atoms with Crippen LogP contribution in [-0.2, 0) is 0 Å². The molecule has 0 saturated carbocycles. The molecule has 0 aromatic heterocycles. The summed E-state index contributed by atoms with van der Waals surface area (Å²) in [6.45, 7) is 0. The van der Waals surface area contributed by atoms with Gasteiger partial charge in [0.25, 0.3) is 0 Å². The zero-order chi connectivity index (χ0) is 10.7. The highest BCUT2D eigenvalue weighted by Gasteiger charge is 2.11. The third-order valence-corrected chi connectivity index (χ3v) is 3.10. The van der Waals surface area contributed by atoms with Crippen molar-refractivity contribution < 1.29 is 0 Å². The van der Waals surface area contributed by atoms with Gasteiger partial charge in [-0.1, -0.05) is 58.2 Å². The molecule has 0 aliphatic heterocycles. The van der Waals surface area contributed by atoms with Crippen molar-refractivity contribution in [3.63, 3.8) is 0 Å². The van der Waals surface area contributed by atoms with Gasteiger partial charge in [-0.05, 0) is 6.07 Å². The highest BCUT2D eigenvalue weighted by Crippen LogP contribution is 2.36. The van der Waals surface area contributed by atoms with Crippen LogP contribution in [0.4, 0.5) is 0 Å². The Morgan fingerprint density at radius 2 is 1.50 bits per heavy atom. The van der Waals surface area contributed by atoms with Gasteiger partial charge in [0.05, 0.1) is 31.5 Å². The second kappa shape index (κ2) is 5.35. The number of halogens is 5. The number of alkyl halides is 1. The molecule has 0 unspecified atom stereocenters. The number of rotatable bonds is 0. The lowest BCUT2D eigenvalue weighted by Gasteiger charge is -2.03. The normalized spacial score (nSPS) is 9.50. The first-order valence-electron chi connectivity index (χ1n) is 3.45. The minimum Gasteiger partial charge on any atom is -0.113 e. The zero-order valence-corrected chi connectivity index (χ0v) is 10.5. The Balaban J connectivity index is 3.39. The predicted molar refractivity (Wildman–Crippen MR) is 64.1 cm³/mol. The van der Waals surface area contributed by atoms with E-state index in [0.717, 1.165) is 0 Å². The minimum atomic E-state index is 0.191. The largest absolute Gasteiger partial charge is 0.113 e. The van der Waals surface area contributed by atoms with E-state index in [4.69, 9.17) is 58.0 Å². The Kier molecular flexibility index (Phi) is 4.70. The molecule has 1 aromatic rings. The maximum atomic E-state index is 5.89. The van der Waals surface area contributed by atoms with E-state index in [0.29, 0.717) is 25.7 Å². The fraction of sp³-hybridized carbons (Fsp3) is 0.111. The average molecular weight is 288 g/mol. The smallest absolute Gasteiger partial charge is 0.0839 e. The molecule has 0 N–H and O–H groups in total. The molecule has 14 heavy (non-hydrogen) atoms. The van der Waals surface area contributed by atoms with Gasteiger partial charge >= 0.3 is 0 Å². The van der Waals surface area contributed by atoms with Crippen molar-refractivity contribution >= 4 is 58.0 Å². The van der Waals surface area contributed by atoms with Gasteiger partial charge < -0.3 is 0 Å². The molecule has 5 heteroatoms. The molecule has 0 saturated heterocycles. The Morgan fingerprint density at radius 1 is 1.00 bits per heavy atom. The Labute approximate surface area is 107 Å². The second-order valence-electron chi connectivity index (χ2n) is 2.28. The molecule has 0 bridgehead atoms. The molecular weight excluding hydrogens is 285 g/mol. The maximum Gasteiger partial charge on any atom is 0.0839 e. The lowest BCUT2D eigenvalue weighted by atomic mass is 10.2. The van der Waals surface area contributed by atoms with E-state index in [1.165, 1.54) is 6.07 Å². The maximum absolute atomic E-state index is 5.89. The van der Waals surface area contributed by atoms with E-state index in [1.54, 1.807) is 0 Å². The second-order valence-corrected chi connectivity index (χ2v) is 4.12. The monoisotopic (exact) mass is 286 g/mol. The third kappa shape index (κ3) is 2.63. The van der Waals surface area contributed by atoms with E-state index >= 15 is 0 Å². The van der Waals surface area contributed by atoms with Crippen LogP contribution in [0.15, 0.2) is 6.07 Å². The standard InChI is InChI=1S/C9H3Cl5/c10-3-1-2-5-8(13)6(11)4-7(12)9(5)14/h4H,3H2. The highest BCUT2D eigenvalue weighted by molar-refractivity contribution is 6.48. The van der Waals surface area contributed by atoms with Crippen LogP contribution in [-0.4, -0.2) is 5.88 Å². The van der Waals surface area contributed by atoms with Gasteiger partial charge in [0.2, 0.25) is 0 Å². The highest BCUT2D eigenvalue weighted by atomic mass is 35.5. The van der Waals surface area contributed by atoms with Crippen LogP contribution < -0.4 is 0 Å². The van der Waals surface area contributed by atoms with E-state index in [-0.39, 0.29) is 5.88 Å². The van der Waals surface area contributed by atoms with Gasteiger partial charge in [0.15, 0.2) is 0 Å². The fourth-order valence-electron chi connectivity index (χ4n) is 0.805. The van der Waals surface area contributed by atoms with Crippen LogP contribution in [0, 0.1) is 11.8 Å². The molecule has 0 spiro atoms. The first kappa shape index (κ1) is 12.3. The molecule has 0 fully saturated rings. The van der Waals surface area contributed by atoms with Crippen LogP contribution in [0.25, 0.3) is 0 Å². The molecule has 1 aromatic carbocycles. The van der Waals surface area contributed by atoms with Gasteiger partial charge in [0.1, 0.15) is 0 Å². The van der Waals surface area contributed by atoms with Gasteiger partial charge in [-0.3, -0.25) is 0 Å². The topological polar surface area (TPSA) is 0 Å². The summed E-state index contributed by atoms with van der Waals surface area (Å²) in [6.07, 6.45) is 0. The van der Waals surface area contributed by atoms with Crippen molar-refractivity contribution in [3.8, 4) is 11.8 Å². The predicted octanol–water partition coefficient (Wildman–Crippen LogP) is 4.89. The summed E-state index contributed by atoms with van der Waals surface area (Å²) >= 11 is 28.8. The molecule has 74 valence electrons. The molecule has 0 aliphatic rings. The van der Waals surface area contributed by atoms with Gasteiger partial charge in [0, 0.05) is 0 Å². The first-order chi connectivity index (χ1) is 6.57. The summed E-state index contributed by atoms with van der Waals surface area (Å²) in [5.74, 6) is 5.52. The van der Waals surface area contributed by atoms with Crippen LogP contribution >= 0.6 is 58.0 Å². The lowest BCUT2D eigenvalue weighted by molar-refractivity contribution is 1.63. The molecule has 0 nitrogen and oxygen atoms in total. The molecule has 0 amide bonds. The Morgan fingerprint density at radius 3 is 1.93 bits per heavy atom. The first-order valence-corrected chi connectivity index (χ1v) is 5.50. The number of hydrogen-bond donors (Lipinski definition) is 0. The molecule has 0 radical (unpaired) electrons. The van der Waals surface area contributed by atoms with Gasteiger partial charge in [-0.2, -0.15) is 0 Å². The van der Waals surface area contributed by atoms with Crippen molar-refractivity contribution in [1.82, 2.24) is 0 Å². The molecule has 0 aliphatic carbocycles. The molecular formula is C9H3Cl5. The Hall–Kier alpha value is 0.230. The molecule has 0 heterocycles. The summed E-state index contributed by atoms with van der Waals surface area (Å²) in [4.78, 5) is 0.